The number of aryl methyl sites for hydroxylation is 1. The van der Waals surface area contributed by atoms with Gasteiger partial charge in [-0.1, -0.05) is 28.9 Å². The molecule has 2 aromatic heterocycles. The molecule has 1 fully saturated rings. The van der Waals surface area contributed by atoms with Crippen LogP contribution in [0.2, 0.25) is 5.02 Å². The molecule has 1 saturated heterocycles. The normalized spacial score (nSPS) is 14.3. The number of anilines is 1. The fraction of sp³-hybridized carbons (Fsp3) is 0.300. The summed E-state index contributed by atoms with van der Waals surface area (Å²) in [7, 11) is 0. The predicted octanol–water partition coefficient (Wildman–Crippen LogP) is 3.68. The Morgan fingerprint density at radius 3 is 2.66 bits per heavy atom. The number of carbonyl (C=O) groups is 1. The SMILES string of the molecule is Cc1nc(CSc2ccccc2C(=O)N2CCN(c3ccc(Cl)cn3)CC2)no1. The fourth-order valence-electron chi connectivity index (χ4n) is 3.18. The Hall–Kier alpha value is -2.58. The highest BCUT2D eigenvalue weighted by molar-refractivity contribution is 7.98. The van der Waals surface area contributed by atoms with Gasteiger partial charge in [-0.2, -0.15) is 4.98 Å². The topological polar surface area (TPSA) is 75.4 Å². The van der Waals surface area contributed by atoms with Crippen LogP contribution >= 0.6 is 23.4 Å². The van der Waals surface area contributed by atoms with E-state index in [1.54, 1.807) is 13.1 Å². The Bertz CT molecular complexity index is 987. The molecule has 0 radical (unpaired) electrons. The predicted molar refractivity (Wildman–Crippen MR) is 112 cm³/mol. The average molecular weight is 430 g/mol. The zero-order chi connectivity index (χ0) is 20.2. The lowest BCUT2D eigenvalue weighted by Crippen LogP contribution is -2.49. The zero-order valence-corrected chi connectivity index (χ0v) is 17.5. The third kappa shape index (κ3) is 4.71. The summed E-state index contributed by atoms with van der Waals surface area (Å²) < 4.78 is 5.01. The second-order valence-corrected chi connectivity index (χ2v) is 8.08. The first-order valence-corrected chi connectivity index (χ1v) is 10.6. The summed E-state index contributed by atoms with van der Waals surface area (Å²) in [6.45, 7) is 4.52. The Balaban J connectivity index is 1.40. The first-order chi connectivity index (χ1) is 14.1. The van der Waals surface area contributed by atoms with Crippen LogP contribution in [0.15, 0.2) is 52.0 Å². The number of halogens is 1. The van der Waals surface area contributed by atoms with E-state index in [0.717, 1.165) is 23.8 Å². The van der Waals surface area contributed by atoms with Crippen LogP contribution in [0.3, 0.4) is 0 Å². The summed E-state index contributed by atoms with van der Waals surface area (Å²) in [4.78, 5) is 26.7. The van der Waals surface area contributed by atoms with Gasteiger partial charge in [0.1, 0.15) is 5.82 Å². The number of amides is 1. The van der Waals surface area contributed by atoms with Crippen molar-refractivity contribution in [3.63, 3.8) is 0 Å². The first kappa shape index (κ1) is 19.7. The molecule has 1 aromatic carbocycles. The van der Waals surface area contributed by atoms with Gasteiger partial charge in [0.15, 0.2) is 5.82 Å². The van der Waals surface area contributed by atoms with E-state index in [9.17, 15) is 4.79 Å². The number of carbonyl (C=O) groups excluding carboxylic acids is 1. The first-order valence-electron chi connectivity index (χ1n) is 9.27. The Labute approximate surface area is 178 Å². The molecular weight excluding hydrogens is 410 g/mol. The van der Waals surface area contributed by atoms with Gasteiger partial charge in [0.05, 0.1) is 16.3 Å². The standard InChI is InChI=1S/C20H20ClN5O2S/c1-14-23-18(24-28-14)13-29-17-5-3-2-4-16(17)20(27)26-10-8-25(9-11-26)19-7-6-15(21)12-22-19/h2-7,12H,8-11,13H2,1H3. The molecule has 0 spiro atoms. The highest BCUT2D eigenvalue weighted by Crippen LogP contribution is 2.27. The van der Waals surface area contributed by atoms with Crippen molar-refractivity contribution >= 4 is 35.1 Å². The number of benzene rings is 1. The maximum Gasteiger partial charge on any atom is 0.255 e. The van der Waals surface area contributed by atoms with Crippen molar-refractivity contribution in [1.82, 2.24) is 20.0 Å². The van der Waals surface area contributed by atoms with Crippen molar-refractivity contribution in [2.75, 3.05) is 31.1 Å². The number of thioether (sulfide) groups is 1. The van der Waals surface area contributed by atoms with Crippen LogP contribution in [-0.2, 0) is 5.75 Å². The summed E-state index contributed by atoms with van der Waals surface area (Å²) in [5.41, 5.74) is 0.704. The zero-order valence-electron chi connectivity index (χ0n) is 15.9. The van der Waals surface area contributed by atoms with Crippen LogP contribution in [0, 0.1) is 6.92 Å². The highest BCUT2D eigenvalue weighted by atomic mass is 35.5. The summed E-state index contributed by atoms with van der Waals surface area (Å²) in [5.74, 6) is 2.64. The molecule has 29 heavy (non-hydrogen) atoms. The molecule has 9 heteroatoms. The van der Waals surface area contributed by atoms with Gasteiger partial charge >= 0.3 is 0 Å². The van der Waals surface area contributed by atoms with Gasteiger partial charge in [0, 0.05) is 44.2 Å². The Morgan fingerprint density at radius 1 is 1.17 bits per heavy atom. The van der Waals surface area contributed by atoms with Gasteiger partial charge < -0.3 is 14.3 Å². The summed E-state index contributed by atoms with van der Waals surface area (Å²) >= 11 is 7.45. The quantitative estimate of drug-likeness (QED) is 0.572. The van der Waals surface area contributed by atoms with Crippen LogP contribution in [0.5, 0.6) is 0 Å². The Kier molecular flexibility index (Phi) is 6.01. The van der Waals surface area contributed by atoms with Gasteiger partial charge in [0.2, 0.25) is 5.89 Å². The van der Waals surface area contributed by atoms with Gasteiger partial charge in [0.25, 0.3) is 5.91 Å². The van der Waals surface area contributed by atoms with Crippen molar-refractivity contribution in [2.45, 2.75) is 17.6 Å². The van der Waals surface area contributed by atoms with E-state index in [4.69, 9.17) is 16.1 Å². The van der Waals surface area contributed by atoms with Crippen molar-refractivity contribution in [3.05, 3.63) is 64.9 Å². The molecule has 0 unspecified atom stereocenters. The molecule has 3 heterocycles. The van der Waals surface area contributed by atoms with Gasteiger partial charge in [-0.3, -0.25) is 4.79 Å². The maximum atomic E-state index is 13.1. The van der Waals surface area contributed by atoms with E-state index >= 15 is 0 Å². The molecule has 1 aliphatic rings. The van der Waals surface area contributed by atoms with Crippen molar-refractivity contribution in [1.29, 1.82) is 0 Å². The molecule has 0 atom stereocenters. The van der Waals surface area contributed by atoms with E-state index in [-0.39, 0.29) is 5.91 Å². The summed E-state index contributed by atoms with van der Waals surface area (Å²) in [6, 6.07) is 11.4. The minimum atomic E-state index is 0.0427. The largest absolute Gasteiger partial charge is 0.353 e. The van der Waals surface area contributed by atoms with Crippen LogP contribution in [-0.4, -0.2) is 52.1 Å². The van der Waals surface area contributed by atoms with Gasteiger partial charge in [-0.15, -0.1) is 11.8 Å². The smallest absolute Gasteiger partial charge is 0.255 e. The lowest BCUT2D eigenvalue weighted by atomic mass is 10.2. The number of aromatic nitrogens is 3. The monoisotopic (exact) mass is 429 g/mol. The molecule has 1 aliphatic heterocycles. The number of hydrogen-bond acceptors (Lipinski definition) is 7. The van der Waals surface area contributed by atoms with Crippen LogP contribution in [0.25, 0.3) is 0 Å². The molecule has 150 valence electrons. The van der Waals surface area contributed by atoms with Gasteiger partial charge in [-0.25, -0.2) is 4.98 Å². The summed E-state index contributed by atoms with van der Waals surface area (Å²) in [6.07, 6.45) is 1.65. The third-order valence-electron chi connectivity index (χ3n) is 4.65. The maximum absolute atomic E-state index is 13.1. The molecular formula is C20H20ClN5O2S. The van der Waals surface area contributed by atoms with E-state index < -0.39 is 0 Å². The minimum absolute atomic E-state index is 0.0427. The highest BCUT2D eigenvalue weighted by Gasteiger charge is 2.24. The van der Waals surface area contributed by atoms with Crippen LogP contribution in [0.1, 0.15) is 22.1 Å². The molecule has 3 aromatic rings. The van der Waals surface area contributed by atoms with Crippen molar-refractivity contribution in [2.24, 2.45) is 0 Å². The van der Waals surface area contributed by atoms with Crippen LogP contribution < -0.4 is 4.90 Å². The Morgan fingerprint density at radius 2 is 1.97 bits per heavy atom. The molecule has 0 N–H and O–H groups in total. The molecule has 0 bridgehead atoms. The molecule has 1 amide bonds. The third-order valence-corrected chi connectivity index (χ3v) is 5.94. The van der Waals surface area contributed by atoms with E-state index in [1.165, 1.54) is 11.8 Å². The second-order valence-electron chi connectivity index (χ2n) is 6.63. The molecule has 0 saturated carbocycles. The number of pyridine rings is 1. The minimum Gasteiger partial charge on any atom is -0.353 e. The van der Waals surface area contributed by atoms with Crippen molar-refractivity contribution in [3.8, 4) is 0 Å². The average Bonchev–Trinajstić information content (AvgIpc) is 3.18. The van der Waals surface area contributed by atoms with Crippen molar-refractivity contribution < 1.29 is 9.32 Å². The summed E-state index contributed by atoms with van der Waals surface area (Å²) in [5, 5.41) is 4.53. The van der Waals surface area contributed by atoms with Gasteiger partial charge in [-0.05, 0) is 24.3 Å². The van der Waals surface area contributed by atoms with E-state index in [2.05, 4.69) is 20.0 Å². The number of hydrogen-bond donors (Lipinski definition) is 0. The number of piperazine rings is 1. The molecule has 7 nitrogen and oxygen atoms in total. The molecule has 4 rings (SSSR count). The lowest BCUT2D eigenvalue weighted by molar-refractivity contribution is 0.0743. The van der Waals surface area contributed by atoms with E-state index in [1.807, 2.05) is 41.3 Å². The van der Waals surface area contributed by atoms with Crippen LogP contribution in [0.4, 0.5) is 5.82 Å². The van der Waals surface area contributed by atoms with E-state index in [0.29, 0.717) is 41.1 Å². The lowest BCUT2D eigenvalue weighted by Gasteiger charge is -2.35. The second kappa shape index (κ2) is 8.84. The fourth-order valence-corrected chi connectivity index (χ4v) is 4.17. The molecule has 0 aliphatic carbocycles. The number of rotatable bonds is 5. The number of nitrogens with zero attached hydrogens (tertiary/aromatic N) is 5.